The average Bonchev–Trinajstić information content (AvgIpc) is 3.65. The lowest BCUT2D eigenvalue weighted by molar-refractivity contribution is -0.121. The number of para-hydroxylation sites is 2. The summed E-state index contributed by atoms with van der Waals surface area (Å²) in [6.07, 6.45) is 5.54. The van der Waals surface area contributed by atoms with E-state index in [4.69, 9.17) is 0 Å². The molecule has 1 amide bonds. The van der Waals surface area contributed by atoms with E-state index in [1.54, 1.807) is 30.5 Å². The van der Waals surface area contributed by atoms with Gasteiger partial charge in [-0.1, -0.05) is 60.7 Å². The minimum Gasteiger partial charge on any atom is -0.352 e. The van der Waals surface area contributed by atoms with Gasteiger partial charge in [0.1, 0.15) is 17.2 Å². The number of pyridine rings is 1. The zero-order valence-corrected chi connectivity index (χ0v) is 20.4. The summed E-state index contributed by atoms with van der Waals surface area (Å²) in [7, 11) is 0. The smallest absolute Gasteiger partial charge is 0.238 e. The van der Waals surface area contributed by atoms with Crippen LogP contribution in [0.2, 0.25) is 0 Å². The van der Waals surface area contributed by atoms with Gasteiger partial charge in [0.05, 0.1) is 16.8 Å². The Morgan fingerprint density at radius 1 is 0.919 bits per heavy atom. The summed E-state index contributed by atoms with van der Waals surface area (Å²) in [5, 5.41) is 4.89. The third kappa shape index (κ3) is 2.92. The van der Waals surface area contributed by atoms with E-state index in [2.05, 4.69) is 10.3 Å². The van der Waals surface area contributed by atoms with E-state index in [0.29, 0.717) is 10.6 Å². The third-order valence-electron chi connectivity index (χ3n) is 7.77. The van der Waals surface area contributed by atoms with Crippen molar-refractivity contribution >= 4 is 46.3 Å². The van der Waals surface area contributed by atoms with Gasteiger partial charge in [0.25, 0.3) is 0 Å². The molecular formula is C30H21N3O3S. The van der Waals surface area contributed by atoms with Crippen molar-refractivity contribution in [3.63, 3.8) is 0 Å². The first-order valence-electron chi connectivity index (χ1n) is 12.1. The van der Waals surface area contributed by atoms with E-state index in [-0.39, 0.29) is 23.2 Å². The molecule has 1 N–H and O–H groups in total. The highest BCUT2D eigenvalue weighted by molar-refractivity contribution is 7.12. The highest BCUT2D eigenvalue weighted by atomic mass is 32.1. The normalized spacial score (nSPS) is 24.9. The van der Waals surface area contributed by atoms with Gasteiger partial charge in [0.15, 0.2) is 11.6 Å². The van der Waals surface area contributed by atoms with Crippen LogP contribution in [0.4, 0.5) is 11.4 Å². The van der Waals surface area contributed by atoms with Crippen LogP contribution >= 0.6 is 11.3 Å². The number of anilines is 2. The van der Waals surface area contributed by atoms with E-state index in [9.17, 15) is 14.4 Å². The number of Topliss-reactive ketones (excluding diaryl/α,β-unsaturated/α-hetero) is 2. The molecule has 6 nitrogen and oxygen atoms in total. The van der Waals surface area contributed by atoms with Crippen LogP contribution in [0, 0.1) is 5.92 Å². The molecule has 37 heavy (non-hydrogen) atoms. The quantitative estimate of drug-likeness (QED) is 0.397. The maximum absolute atomic E-state index is 14.5. The first-order chi connectivity index (χ1) is 18.1. The van der Waals surface area contributed by atoms with Crippen LogP contribution < -0.4 is 10.2 Å². The van der Waals surface area contributed by atoms with E-state index < -0.39 is 23.4 Å². The van der Waals surface area contributed by atoms with Crippen molar-refractivity contribution < 1.29 is 14.4 Å². The van der Waals surface area contributed by atoms with Crippen molar-refractivity contribution in [2.24, 2.45) is 5.92 Å². The second-order valence-corrected chi connectivity index (χ2v) is 10.4. The second kappa shape index (κ2) is 8.08. The number of amides is 1. The molecule has 2 aromatic heterocycles. The Bertz CT molecular complexity index is 1600. The molecule has 7 rings (SSSR count). The van der Waals surface area contributed by atoms with Gasteiger partial charge in [-0.3, -0.25) is 19.4 Å². The van der Waals surface area contributed by atoms with Crippen molar-refractivity contribution in [3.05, 3.63) is 118 Å². The number of nitrogens with zero attached hydrogens (tertiary/aromatic N) is 2. The number of carbonyl (C=O) groups excluding carboxylic acids is 3. The number of aromatic nitrogens is 1. The van der Waals surface area contributed by atoms with Gasteiger partial charge in [-0.2, -0.15) is 0 Å². The van der Waals surface area contributed by atoms with Gasteiger partial charge in [-0.15, -0.1) is 11.3 Å². The van der Waals surface area contributed by atoms with Gasteiger partial charge in [-0.25, -0.2) is 0 Å². The lowest BCUT2D eigenvalue weighted by Crippen LogP contribution is -2.51. The maximum Gasteiger partial charge on any atom is 0.238 e. The predicted octanol–water partition coefficient (Wildman–Crippen LogP) is 5.00. The molecule has 180 valence electrons. The Labute approximate surface area is 217 Å². The molecule has 5 heterocycles. The largest absolute Gasteiger partial charge is 0.352 e. The van der Waals surface area contributed by atoms with Gasteiger partial charge >= 0.3 is 0 Å². The molecule has 3 aliphatic heterocycles. The molecule has 0 unspecified atom stereocenters. The van der Waals surface area contributed by atoms with Gasteiger partial charge < -0.3 is 10.2 Å². The van der Waals surface area contributed by atoms with Crippen LogP contribution in [0.15, 0.2) is 96.5 Å². The van der Waals surface area contributed by atoms with E-state index in [0.717, 1.165) is 16.8 Å². The number of ketones is 2. The van der Waals surface area contributed by atoms with E-state index in [1.165, 1.54) is 11.3 Å². The van der Waals surface area contributed by atoms with Crippen molar-refractivity contribution in [1.82, 2.24) is 4.98 Å². The Balaban J connectivity index is 1.55. The maximum atomic E-state index is 14.5. The molecule has 2 aromatic carbocycles. The number of rotatable bonds is 4. The van der Waals surface area contributed by atoms with Crippen molar-refractivity contribution in [3.8, 4) is 0 Å². The van der Waals surface area contributed by atoms with Gasteiger partial charge in [0.2, 0.25) is 5.91 Å². The van der Waals surface area contributed by atoms with E-state index >= 15 is 0 Å². The standard InChI is InChI=1S/C30H21N3O3S/c34-27(21-11-5-6-16-31-21)25-26(28(35)23-13-7-17-37-23)33-22-12-4-1-8-18(22)14-15-24(33)30(25)19-9-2-3-10-20(19)32-29(30)36/h1-17,24-26H,(H,32,36)/t24-,25+,26-,30-/m0/s1. The van der Waals surface area contributed by atoms with Crippen molar-refractivity contribution in [2.75, 3.05) is 10.2 Å². The Kier molecular flexibility index (Phi) is 4.78. The monoisotopic (exact) mass is 503 g/mol. The zero-order valence-electron chi connectivity index (χ0n) is 19.6. The van der Waals surface area contributed by atoms with Crippen LogP contribution in [0.3, 0.4) is 0 Å². The topological polar surface area (TPSA) is 79.4 Å². The SMILES string of the molecule is O=C(c1cccs1)[C@@H]1[C@H](C(=O)c2ccccn2)[C@@]2(C(=O)Nc3ccccc32)[C@@H]2C=Cc3ccccc3N12. The number of hydrogen-bond acceptors (Lipinski definition) is 6. The fraction of sp³-hybridized carbons (Fsp3) is 0.133. The summed E-state index contributed by atoms with van der Waals surface area (Å²) in [5.74, 6) is -1.76. The summed E-state index contributed by atoms with van der Waals surface area (Å²) in [6, 6.07) is 22.6. The molecule has 7 heteroatoms. The molecule has 1 spiro atoms. The summed E-state index contributed by atoms with van der Waals surface area (Å²) >= 11 is 1.34. The molecule has 0 saturated carbocycles. The Morgan fingerprint density at radius 3 is 2.54 bits per heavy atom. The third-order valence-corrected chi connectivity index (χ3v) is 8.66. The molecule has 0 bridgehead atoms. The minimum absolute atomic E-state index is 0.173. The summed E-state index contributed by atoms with van der Waals surface area (Å²) in [4.78, 5) is 49.9. The molecule has 4 aromatic rings. The molecule has 3 aliphatic rings. The van der Waals surface area contributed by atoms with Gasteiger partial charge in [-0.05, 0) is 46.8 Å². The zero-order chi connectivity index (χ0) is 25.1. The van der Waals surface area contributed by atoms with E-state index in [1.807, 2.05) is 77.0 Å². The molecule has 4 atom stereocenters. The van der Waals surface area contributed by atoms with Crippen molar-refractivity contribution in [2.45, 2.75) is 17.5 Å². The number of hydrogen-bond donors (Lipinski definition) is 1. The lowest BCUT2D eigenvalue weighted by atomic mass is 9.64. The fourth-order valence-corrected chi connectivity index (χ4v) is 7.05. The van der Waals surface area contributed by atoms with Crippen LogP contribution in [-0.2, 0) is 10.2 Å². The number of carbonyl (C=O) groups is 3. The average molecular weight is 504 g/mol. The molecule has 1 fully saturated rings. The highest BCUT2D eigenvalue weighted by Crippen LogP contribution is 2.58. The highest BCUT2D eigenvalue weighted by Gasteiger charge is 2.70. The first kappa shape index (κ1) is 21.9. The molecular weight excluding hydrogens is 482 g/mol. The van der Waals surface area contributed by atoms with Crippen LogP contribution in [0.5, 0.6) is 0 Å². The van der Waals surface area contributed by atoms with Crippen molar-refractivity contribution in [1.29, 1.82) is 0 Å². The second-order valence-electron chi connectivity index (χ2n) is 9.48. The minimum atomic E-state index is -1.31. The molecule has 1 saturated heterocycles. The number of nitrogens with one attached hydrogen (secondary N) is 1. The van der Waals surface area contributed by atoms with Crippen LogP contribution in [-0.4, -0.2) is 34.5 Å². The van der Waals surface area contributed by atoms with Gasteiger partial charge in [0, 0.05) is 17.6 Å². The number of thiophene rings is 1. The number of fused-ring (bicyclic) bond motifs is 6. The summed E-state index contributed by atoms with van der Waals surface area (Å²) in [5.41, 5.74) is 2.10. The Morgan fingerprint density at radius 2 is 1.73 bits per heavy atom. The number of benzene rings is 2. The summed E-state index contributed by atoms with van der Waals surface area (Å²) in [6.45, 7) is 0. The van der Waals surface area contributed by atoms with Crippen LogP contribution in [0.25, 0.3) is 6.08 Å². The molecule has 0 aliphatic carbocycles. The first-order valence-corrected chi connectivity index (χ1v) is 13.0. The fourth-order valence-electron chi connectivity index (χ4n) is 6.35. The molecule has 0 radical (unpaired) electrons. The lowest BCUT2D eigenvalue weighted by Gasteiger charge is -2.37. The summed E-state index contributed by atoms with van der Waals surface area (Å²) < 4.78 is 0. The van der Waals surface area contributed by atoms with Crippen LogP contribution in [0.1, 0.15) is 31.3 Å². The Hall–Kier alpha value is -4.36. The predicted molar refractivity (Wildman–Crippen MR) is 143 cm³/mol.